The van der Waals surface area contributed by atoms with Crippen LogP contribution in [-0.2, 0) is 11.3 Å². The van der Waals surface area contributed by atoms with Gasteiger partial charge in [-0.05, 0) is 54.7 Å². The van der Waals surface area contributed by atoms with Gasteiger partial charge in [-0.25, -0.2) is 0 Å². The van der Waals surface area contributed by atoms with Gasteiger partial charge >= 0.3 is 0 Å². The fraction of sp³-hybridized carbons (Fsp3) is 0.417. The van der Waals surface area contributed by atoms with E-state index in [1.54, 1.807) is 9.80 Å². The first kappa shape index (κ1) is 21.3. The maximum absolute atomic E-state index is 13.0. The minimum atomic E-state index is -1.16. The molecule has 2 aromatic carbocycles. The number of nitrogens with zero attached hydrogens (tertiary/aromatic N) is 2. The summed E-state index contributed by atoms with van der Waals surface area (Å²) < 4.78 is 0. The van der Waals surface area contributed by atoms with Crippen LogP contribution < -0.4 is 11.1 Å². The summed E-state index contributed by atoms with van der Waals surface area (Å²) in [5.41, 5.74) is 9.38. The molecule has 2 aliphatic rings. The average Bonchev–Trinajstić information content (AvgIpc) is 3.56. The van der Waals surface area contributed by atoms with Crippen LogP contribution in [0.1, 0.15) is 35.7 Å². The summed E-state index contributed by atoms with van der Waals surface area (Å²) in [6.07, 6.45) is 1.07. The molecule has 31 heavy (non-hydrogen) atoms. The number of amides is 2. The minimum Gasteiger partial charge on any atom is -0.388 e. The lowest BCUT2D eigenvalue weighted by atomic mass is 10.0. The van der Waals surface area contributed by atoms with Crippen molar-refractivity contribution in [1.82, 2.24) is 9.80 Å². The number of rotatable bonds is 5. The molecular weight excluding hydrogens is 392 g/mol. The molecule has 1 unspecified atom stereocenters. The van der Waals surface area contributed by atoms with Crippen molar-refractivity contribution in [3.8, 4) is 11.1 Å². The third-order valence-corrected chi connectivity index (χ3v) is 6.36. The smallest absolute Gasteiger partial charge is 0.254 e. The first-order chi connectivity index (χ1) is 14.9. The third kappa shape index (κ3) is 4.16. The van der Waals surface area contributed by atoms with Gasteiger partial charge in [0.2, 0.25) is 0 Å². The van der Waals surface area contributed by atoms with Crippen molar-refractivity contribution >= 4 is 17.5 Å². The zero-order chi connectivity index (χ0) is 22.2. The summed E-state index contributed by atoms with van der Waals surface area (Å²) in [5, 5.41) is 13.3. The highest BCUT2D eigenvalue weighted by Crippen LogP contribution is 2.37. The second kappa shape index (κ2) is 8.32. The predicted octanol–water partition coefficient (Wildman–Crippen LogP) is 2.05. The van der Waals surface area contributed by atoms with Crippen LogP contribution in [0.25, 0.3) is 11.1 Å². The molecule has 1 aliphatic heterocycles. The lowest BCUT2D eigenvalue weighted by Gasteiger charge is -2.40. The number of anilines is 1. The Morgan fingerprint density at radius 3 is 2.39 bits per heavy atom. The second-order valence-electron chi connectivity index (χ2n) is 8.53. The maximum atomic E-state index is 13.0. The lowest BCUT2D eigenvalue weighted by molar-refractivity contribution is -0.146. The monoisotopic (exact) mass is 422 g/mol. The number of hydrogen-bond donors (Lipinski definition) is 3. The van der Waals surface area contributed by atoms with E-state index in [-0.39, 0.29) is 17.9 Å². The van der Waals surface area contributed by atoms with E-state index in [1.165, 1.54) is 0 Å². The van der Waals surface area contributed by atoms with E-state index in [1.807, 2.05) is 50.4 Å². The molecule has 7 nitrogen and oxygen atoms in total. The van der Waals surface area contributed by atoms with Crippen molar-refractivity contribution in [1.29, 1.82) is 0 Å². The third-order valence-electron chi connectivity index (χ3n) is 6.36. The van der Waals surface area contributed by atoms with E-state index in [9.17, 15) is 14.7 Å². The molecule has 164 valence electrons. The first-order valence-corrected chi connectivity index (χ1v) is 10.8. The number of carbonyl (C=O) groups is 2. The number of aliphatic hydroxyl groups is 1. The Morgan fingerprint density at radius 1 is 1.13 bits per heavy atom. The Bertz CT molecular complexity index is 985. The van der Waals surface area contributed by atoms with Crippen molar-refractivity contribution < 1.29 is 14.7 Å². The predicted molar refractivity (Wildman–Crippen MR) is 121 cm³/mol. The summed E-state index contributed by atoms with van der Waals surface area (Å²) in [6.45, 7) is 3.79. The van der Waals surface area contributed by atoms with Crippen molar-refractivity contribution in [3.63, 3.8) is 0 Å². The van der Waals surface area contributed by atoms with Crippen LogP contribution in [0.2, 0.25) is 0 Å². The highest BCUT2D eigenvalue weighted by atomic mass is 16.3. The fourth-order valence-corrected chi connectivity index (χ4v) is 4.20. The van der Waals surface area contributed by atoms with Gasteiger partial charge in [0.05, 0.1) is 0 Å². The number of carbonyl (C=O) groups excluding carboxylic acids is 2. The molecule has 0 aromatic heterocycles. The number of nitrogens with one attached hydrogen (secondary N) is 1. The van der Waals surface area contributed by atoms with Gasteiger partial charge in [0.1, 0.15) is 5.60 Å². The second-order valence-corrected chi connectivity index (χ2v) is 8.53. The van der Waals surface area contributed by atoms with Gasteiger partial charge in [0.15, 0.2) is 0 Å². The van der Waals surface area contributed by atoms with Gasteiger partial charge in [-0.1, -0.05) is 24.3 Å². The average molecular weight is 423 g/mol. The number of hydrogen-bond acceptors (Lipinski definition) is 5. The van der Waals surface area contributed by atoms with Gasteiger partial charge in [0, 0.05) is 50.5 Å². The van der Waals surface area contributed by atoms with Crippen molar-refractivity contribution in [2.75, 3.05) is 32.0 Å². The van der Waals surface area contributed by atoms with E-state index in [4.69, 9.17) is 5.73 Å². The molecule has 1 saturated carbocycles. The Balaban J connectivity index is 1.44. The zero-order valence-electron chi connectivity index (χ0n) is 18.1. The summed E-state index contributed by atoms with van der Waals surface area (Å²) in [4.78, 5) is 29.0. The van der Waals surface area contributed by atoms with E-state index >= 15 is 0 Å². The van der Waals surface area contributed by atoms with Crippen LogP contribution in [-0.4, -0.2) is 65.0 Å². The molecule has 1 heterocycles. The summed E-state index contributed by atoms with van der Waals surface area (Å²) >= 11 is 0. The Labute approximate surface area is 182 Å². The van der Waals surface area contributed by atoms with Crippen molar-refractivity contribution in [3.05, 3.63) is 53.6 Å². The van der Waals surface area contributed by atoms with Crippen molar-refractivity contribution in [2.45, 2.75) is 38.0 Å². The van der Waals surface area contributed by atoms with Gasteiger partial charge in [-0.15, -0.1) is 0 Å². The van der Waals surface area contributed by atoms with E-state index in [0.29, 0.717) is 44.6 Å². The molecule has 0 radical (unpaired) electrons. The van der Waals surface area contributed by atoms with Crippen LogP contribution in [0.5, 0.6) is 0 Å². The summed E-state index contributed by atoms with van der Waals surface area (Å²) in [6, 6.07) is 13.6. The summed E-state index contributed by atoms with van der Waals surface area (Å²) in [5.74, 6) is -0.233. The number of benzene rings is 2. The zero-order valence-corrected chi connectivity index (χ0v) is 18.1. The van der Waals surface area contributed by atoms with Crippen LogP contribution in [0.15, 0.2) is 42.5 Å². The minimum absolute atomic E-state index is 0.0370. The molecular formula is C24H30N4O3. The van der Waals surface area contributed by atoms with Gasteiger partial charge < -0.3 is 26.0 Å². The molecule has 0 spiro atoms. The van der Waals surface area contributed by atoms with Gasteiger partial charge in [-0.3, -0.25) is 9.59 Å². The maximum Gasteiger partial charge on any atom is 0.254 e. The lowest BCUT2D eigenvalue weighted by Crippen LogP contribution is -2.57. The molecule has 2 aromatic rings. The van der Waals surface area contributed by atoms with E-state index < -0.39 is 5.60 Å². The molecule has 1 saturated heterocycles. The Morgan fingerprint density at radius 2 is 1.81 bits per heavy atom. The molecule has 0 bridgehead atoms. The first-order valence-electron chi connectivity index (χ1n) is 10.8. The number of piperazine rings is 1. The van der Waals surface area contributed by atoms with Crippen molar-refractivity contribution in [2.24, 2.45) is 5.73 Å². The molecule has 2 fully saturated rings. The molecule has 7 heteroatoms. The van der Waals surface area contributed by atoms with Crippen LogP contribution >= 0.6 is 0 Å². The largest absolute Gasteiger partial charge is 0.388 e. The fourth-order valence-electron chi connectivity index (χ4n) is 4.20. The molecule has 2 amide bonds. The van der Waals surface area contributed by atoms with E-state index in [0.717, 1.165) is 22.4 Å². The van der Waals surface area contributed by atoms with Crippen LogP contribution in [0.4, 0.5) is 5.69 Å². The molecule has 4 rings (SSSR count). The van der Waals surface area contributed by atoms with Gasteiger partial charge in [-0.2, -0.15) is 0 Å². The van der Waals surface area contributed by atoms with E-state index in [2.05, 4.69) is 11.4 Å². The Kier molecular flexibility index (Phi) is 5.73. The molecule has 4 N–H and O–H groups in total. The highest BCUT2D eigenvalue weighted by molar-refractivity contribution is 5.95. The number of nitrogens with two attached hydrogens (primary N) is 1. The topological polar surface area (TPSA) is 98.9 Å². The summed E-state index contributed by atoms with van der Waals surface area (Å²) in [7, 11) is 1.87. The molecule has 1 atom stereocenters. The van der Waals surface area contributed by atoms with Crippen LogP contribution in [0.3, 0.4) is 0 Å². The van der Waals surface area contributed by atoms with Crippen LogP contribution in [0, 0.1) is 0 Å². The Hall–Kier alpha value is -2.90. The SMILES string of the molecule is CNc1cc(-c2ccc(C(=O)N3CCN(C(=O)C4(O)CC4)C(C)C3)cc2)ccc1CN. The standard InChI is InChI=1S/C24H30N4O3/c1-16-15-27(11-12-28(16)23(30)24(31)9-10-24)22(29)18-5-3-17(4-6-18)19-7-8-20(14-25)21(13-19)26-2/h3-8,13,16,26,31H,9-12,14-15,25H2,1-2H3. The highest BCUT2D eigenvalue weighted by Gasteiger charge is 2.51. The molecule has 1 aliphatic carbocycles. The van der Waals surface area contributed by atoms with Gasteiger partial charge in [0.25, 0.3) is 11.8 Å². The normalized spacial score (nSPS) is 19.8. The quantitative estimate of drug-likeness (QED) is 0.685.